The third-order valence-corrected chi connectivity index (χ3v) is 3.17. The van der Waals surface area contributed by atoms with Crippen molar-refractivity contribution in [2.24, 2.45) is 0 Å². The highest BCUT2D eigenvalue weighted by molar-refractivity contribution is 5.04. The lowest BCUT2D eigenvalue weighted by Crippen LogP contribution is -2.48. The Labute approximate surface area is 97.0 Å². The van der Waals surface area contributed by atoms with Crippen molar-refractivity contribution in [1.82, 2.24) is 15.1 Å². The fourth-order valence-corrected chi connectivity index (χ4v) is 2.06. The molecule has 1 N–H and O–H groups in total. The van der Waals surface area contributed by atoms with Gasteiger partial charge in [0.2, 0.25) is 0 Å². The number of nitrogens with zero attached hydrogens (tertiary/aromatic N) is 2. The maximum Gasteiger partial charge on any atom is 0.0645 e. The average Bonchev–Trinajstić information content (AvgIpc) is 2.75. The fraction of sp³-hybridized carbons (Fsp3) is 0.750. The molecule has 90 valence electrons. The first-order valence-electron chi connectivity index (χ1n) is 6.06. The maximum atomic E-state index is 5.52. The number of aryl methyl sites for hydroxylation is 1. The second-order valence-electron chi connectivity index (χ2n) is 4.77. The predicted octanol–water partition coefficient (Wildman–Crippen LogP) is 1.56. The molecule has 0 bridgehead atoms. The van der Waals surface area contributed by atoms with Gasteiger partial charge in [0.05, 0.1) is 12.8 Å². The predicted molar refractivity (Wildman–Crippen MR) is 63.2 cm³/mol. The zero-order valence-corrected chi connectivity index (χ0v) is 10.2. The molecule has 4 nitrogen and oxygen atoms in total. The molecular weight excluding hydrogens is 202 g/mol. The van der Waals surface area contributed by atoms with Gasteiger partial charge in [-0.15, -0.1) is 0 Å². The average molecular weight is 223 g/mol. The van der Waals surface area contributed by atoms with E-state index in [1.165, 1.54) is 12.0 Å². The van der Waals surface area contributed by atoms with Gasteiger partial charge < -0.3 is 10.1 Å². The van der Waals surface area contributed by atoms with E-state index >= 15 is 0 Å². The zero-order valence-electron chi connectivity index (χ0n) is 10.2. The summed E-state index contributed by atoms with van der Waals surface area (Å²) in [5, 5.41) is 7.84. The topological polar surface area (TPSA) is 39.1 Å². The third kappa shape index (κ3) is 2.83. The number of rotatable bonds is 4. The van der Waals surface area contributed by atoms with Crippen molar-refractivity contribution in [3.05, 3.63) is 18.0 Å². The van der Waals surface area contributed by atoms with Crippen molar-refractivity contribution in [3.8, 4) is 0 Å². The van der Waals surface area contributed by atoms with E-state index in [0.29, 0.717) is 0 Å². The van der Waals surface area contributed by atoms with Gasteiger partial charge >= 0.3 is 0 Å². The van der Waals surface area contributed by atoms with Crippen LogP contribution in [0.15, 0.2) is 12.4 Å². The highest BCUT2D eigenvalue weighted by Gasteiger charge is 2.26. The van der Waals surface area contributed by atoms with Gasteiger partial charge in [-0.25, -0.2) is 0 Å². The van der Waals surface area contributed by atoms with Crippen molar-refractivity contribution in [3.63, 3.8) is 0 Å². The minimum absolute atomic E-state index is 0.132. The highest BCUT2D eigenvalue weighted by Crippen LogP contribution is 2.18. The van der Waals surface area contributed by atoms with Crippen LogP contribution in [0.5, 0.6) is 0 Å². The fourth-order valence-electron chi connectivity index (χ4n) is 2.06. The zero-order chi connectivity index (χ0) is 11.4. The molecule has 2 heterocycles. The van der Waals surface area contributed by atoms with Crippen LogP contribution < -0.4 is 5.32 Å². The summed E-state index contributed by atoms with van der Waals surface area (Å²) in [7, 11) is 0. The van der Waals surface area contributed by atoms with Crippen LogP contribution in [-0.4, -0.2) is 28.5 Å². The Kier molecular flexibility index (Phi) is 3.61. The SMILES string of the molecule is CCn1cc(CNC2(C)CCCOC2)cn1. The molecule has 1 aromatic rings. The molecule has 0 amide bonds. The molecule has 2 rings (SSSR count). The number of aromatic nitrogens is 2. The number of hydrogen-bond donors (Lipinski definition) is 1. The van der Waals surface area contributed by atoms with Crippen LogP contribution >= 0.6 is 0 Å². The van der Waals surface area contributed by atoms with E-state index in [4.69, 9.17) is 4.74 Å². The number of ether oxygens (including phenoxy) is 1. The van der Waals surface area contributed by atoms with Gasteiger partial charge in [-0.2, -0.15) is 5.10 Å². The minimum atomic E-state index is 0.132. The van der Waals surface area contributed by atoms with Gasteiger partial charge in [0.15, 0.2) is 0 Å². The molecule has 0 radical (unpaired) electrons. The van der Waals surface area contributed by atoms with Crippen LogP contribution in [0.4, 0.5) is 0 Å². The lowest BCUT2D eigenvalue weighted by Gasteiger charge is -2.34. The Morgan fingerprint density at radius 3 is 3.12 bits per heavy atom. The van der Waals surface area contributed by atoms with Gasteiger partial charge in [0.1, 0.15) is 0 Å². The summed E-state index contributed by atoms with van der Waals surface area (Å²) in [4.78, 5) is 0. The molecule has 0 spiro atoms. The van der Waals surface area contributed by atoms with Crippen LogP contribution in [0, 0.1) is 0 Å². The monoisotopic (exact) mass is 223 g/mol. The lowest BCUT2D eigenvalue weighted by atomic mass is 9.95. The Morgan fingerprint density at radius 2 is 2.50 bits per heavy atom. The molecule has 0 aliphatic carbocycles. The molecule has 4 heteroatoms. The minimum Gasteiger partial charge on any atom is -0.380 e. The molecule has 0 aromatic carbocycles. The Morgan fingerprint density at radius 1 is 1.62 bits per heavy atom. The summed E-state index contributed by atoms with van der Waals surface area (Å²) in [6.07, 6.45) is 6.37. The van der Waals surface area contributed by atoms with Gasteiger partial charge in [-0.3, -0.25) is 4.68 Å². The van der Waals surface area contributed by atoms with Crippen LogP contribution in [-0.2, 0) is 17.8 Å². The molecule has 0 saturated carbocycles. The number of hydrogen-bond acceptors (Lipinski definition) is 3. The van der Waals surface area contributed by atoms with Crippen LogP contribution in [0.1, 0.15) is 32.3 Å². The maximum absolute atomic E-state index is 5.52. The quantitative estimate of drug-likeness (QED) is 0.842. The largest absolute Gasteiger partial charge is 0.380 e. The first kappa shape index (κ1) is 11.6. The van der Waals surface area contributed by atoms with Crippen molar-refractivity contribution in [2.45, 2.75) is 45.3 Å². The molecule has 1 fully saturated rings. The molecule has 1 unspecified atom stereocenters. The second-order valence-corrected chi connectivity index (χ2v) is 4.77. The van der Waals surface area contributed by atoms with E-state index in [1.807, 2.05) is 10.9 Å². The first-order valence-corrected chi connectivity index (χ1v) is 6.06. The van der Waals surface area contributed by atoms with Crippen LogP contribution in [0.25, 0.3) is 0 Å². The molecule has 1 aromatic heterocycles. The van der Waals surface area contributed by atoms with E-state index in [1.54, 1.807) is 0 Å². The first-order chi connectivity index (χ1) is 7.72. The van der Waals surface area contributed by atoms with Crippen LogP contribution in [0.2, 0.25) is 0 Å². The summed E-state index contributed by atoms with van der Waals surface area (Å²) in [6.45, 7) is 7.86. The van der Waals surface area contributed by atoms with E-state index in [2.05, 4.69) is 30.5 Å². The number of nitrogens with one attached hydrogen (secondary N) is 1. The molecule has 1 aliphatic heterocycles. The third-order valence-electron chi connectivity index (χ3n) is 3.17. The lowest BCUT2D eigenvalue weighted by molar-refractivity contribution is 0.0278. The standard InChI is InChI=1S/C12H21N3O/c1-3-15-9-11(8-14-15)7-13-12(2)5-4-6-16-10-12/h8-9,13H,3-7,10H2,1-2H3. The van der Waals surface area contributed by atoms with Gasteiger partial charge in [-0.05, 0) is 26.7 Å². The summed E-state index contributed by atoms with van der Waals surface area (Å²) in [6, 6.07) is 0. The molecule has 1 saturated heterocycles. The molecule has 1 aliphatic rings. The summed E-state index contributed by atoms with van der Waals surface area (Å²) in [5.41, 5.74) is 1.38. The molecule has 1 atom stereocenters. The van der Waals surface area contributed by atoms with Crippen molar-refractivity contribution < 1.29 is 4.74 Å². The normalized spacial score (nSPS) is 25.9. The Balaban J connectivity index is 1.86. The Bertz CT molecular complexity index is 329. The summed E-state index contributed by atoms with van der Waals surface area (Å²) in [5.74, 6) is 0. The Hall–Kier alpha value is -0.870. The summed E-state index contributed by atoms with van der Waals surface area (Å²) < 4.78 is 7.47. The van der Waals surface area contributed by atoms with E-state index < -0.39 is 0 Å². The van der Waals surface area contributed by atoms with Crippen LogP contribution in [0.3, 0.4) is 0 Å². The summed E-state index contributed by atoms with van der Waals surface area (Å²) >= 11 is 0. The molecular formula is C12H21N3O. The van der Waals surface area contributed by atoms with E-state index in [9.17, 15) is 0 Å². The van der Waals surface area contributed by atoms with Gasteiger partial charge in [0, 0.05) is 37.0 Å². The van der Waals surface area contributed by atoms with E-state index in [-0.39, 0.29) is 5.54 Å². The van der Waals surface area contributed by atoms with Crippen molar-refractivity contribution in [2.75, 3.05) is 13.2 Å². The second kappa shape index (κ2) is 4.97. The van der Waals surface area contributed by atoms with E-state index in [0.717, 1.165) is 32.7 Å². The van der Waals surface area contributed by atoms with Gasteiger partial charge in [-0.1, -0.05) is 0 Å². The van der Waals surface area contributed by atoms with Crippen molar-refractivity contribution in [1.29, 1.82) is 0 Å². The smallest absolute Gasteiger partial charge is 0.0645 e. The molecule has 16 heavy (non-hydrogen) atoms. The highest BCUT2D eigenvalue weighted by atomic mass is 16.5. The van der Waals surface area contributed by atoms with Crippen molar-refractivity contribution >= 4 is 0 Å². The van der Waals surface area contributed by atoms with Gasteiger partial charge in [0.25, 0.3) is 0 Å².